The lowest BCUT2D eigenvalue weighted by Gasteiger charge is -2.30. The van der Waals surface area contributed by atoms with Crippen LogP contribution in [0, 0.1) is 0 Å². The van der Waals surface area contributed by atoms with E-state index >= 15 is 0 Å². The van der Waals surface area contributed by atoms with Crippen molar-refractivity contribution in [2.75, 3.05) is 17.2 Å². The fourth-order valence-electron chi connectivity index (χ4n) is 1.65. The van der Waals surface area contributed by atoms with Crippen LogP contribution in [0.2, 0.25) is 0 Å². The van der Waals surface area contributed by atoms with Crippen molar-refractivity contribution >= 4 is 17.6 Å². The summed E-state index contributed by atoms with van der Waals surface area (Å²) in [4.78, 5) is 0. The summed E-state index contributed by atoms with van der Waals surface area (Å²) in [5.74, 6) is 2.85. The van der Waals surface area contributed by atoms with Gasteiger partial charge < -0.3 is 10.3 Å². The zero-order chi connectivity index (χ0) is 9.31. The third-order valence-electron chi connectivity index (χ3n) is 2.74. The molecule has 2 rings (SSSR count). The molecule has 1 saturated heterocycles. The number of aromatic nitrogens is 1. The zero-order valence-corrected chi connectivity index (χ0v) is 8.56. The van der Waals surface area contributed by atoms with Crippen LogP contribution in [0.1, 0.15) is 25.5 Å². The predicted molar refractivity (Wildman–Crippen MR) is 54.8 cm³/mol. The lowest BCUT2D eigenvalue weighted by Crippen LogP contribution is -2.27. The average Bonchev–Trinajstić information content (AvgIpc) is 2.54. The van der Waals surface area contributed by atoms with Gasteiger partial charge in [0, 0.05) is 11.5 Å². The van der Waals surface area contributed by atoms with E-state index < -0.39 is 0 Å². The van der Waals surface area contributed by atoms with Crippen LogP contribution in [0.4, 0.5) is 5.88 Å². The first-order valence-corrected chi connectivity index (χ1v) is 5.67. The lowest BCUT2D eigenvalue weighted by molar-refractivity contribution is 0.367. The fraction of sp³-hybridized carbons (Fsp3) is 0.667. The summed E-state index contributed by atoms with van der Waals surface area (Å²) in [6.07, 6.45) is 2.34. The molecule has 0 amide bonds. The first-order chi connectivity index (χ1) is 6.21. The van der Waals surface area contributed by atoms with Gasteiger partial charge in [-0.05, 0) is 24.3 Å². The number of hydrogen-bond donors (Lipinski definition) is 1. The van der Waals surface area contributed by atoms with Gasteiger partial charge in [-0.25, -0.2) is 0 Å². The van der Waals surface area contributed by atoms with E-state index in [1.165, 1.54) is 24.3 Å². The average molecular weight is 198 g/mol. The van der Waals surface area contributed by atoms with Crippen molar-refractivity contribution in [2.24, 2.45) is 0 Å². The SMILES string of the molecule is CC1(c2cc(N)on2)CCSCC1. The minimum absolute atomic E-state index is 0.187. The second kappa shape index (κ2) is 3.25. The van der Waals surface area contributed by atoms with Crippen molar-refractivity contribution in [3.63, 3.8) is 0 Å². The smallest absolute Gasteiger partial charge is 0.222 e. The number of nitrogens with two attached hydrogens (primary N) is 1. The molecule has 2 heterocycles. The number of nitrogen functional groups attached to an aromatic ring is 1. The highest BCUT2D eigenvalue weighted by atomic mass is 32.2. The predicted octanol–water partition coefficient (Wildman–Crippen LogP) is 2.04. The van der Waals surface area contributed by atoms with Crippen LogP contribution in [-0.2, 0) is 5.41 Å². The molecule has 0 aliphatic carbocycles. The highest BCUT2D eigenvalue weighted by Crippen LogP contribution is 2.37. The van der Waals surface area contributed by atoms with Gasteiger partial charge in [0.25, 0.3) is 0 Å². The number of hydrogen-bond acceptors (Lipinski definition) is 4. The molecule has 13 heavy (non-hydrogen) atoms. The van der Waals surface area contributed by atoms with E-state index in [2.05, 4.69) is 12.1 Å². The number of rotatable bonds is 1. The van der Waals surface area contributed by atoms with Crippen LogP contribution in [0.3, 0.4) is 0 Å². The Kier molecular flexibility index (Phi) is 2.24. The third-order valence-corrected chi connectivity index (χ3v) is 3.73. The molecule has 1 fully saturated rings. The molecule has 3 nitrogen and oxygen atoms in total. The summed E-state index contributed by atoms with van der Waals surface area (Å²) in [7, 11) is 0. The van der Waals surface area contributed by atoms with Crippen LogP contribution in [0.15, 0.2) is 10.6 Å². The van der Waals surface area contributed by atoms with Gasteiger partial charge >= 0.3 is 0 Å². The molecule has 1 aromatic rings. The lowest BCUT2D eigenvalue weighted by atomic mass is 9.81. The Morgan fingerprint density at radius 1 is 1.54 bits per heavy atom. The molecule has 0 aromatic carbocycles. The normalized spacial score (nSPS) is 21.6. The minimum Gasteiger partial charge on any atom is -0.368 e. The molecule has 0 bridgehead atoms. The second-order valence-electron chi connectivity index (χ2n) is 3.79. The van der Waals surface area contributed by atoms with Gasteiger partial charge in [0.1, 0.15) is 0 Å². The highest BCUT2D eigenvalue weighted by molar-refractivity contribution is 7.99. The highest BCUT2D eigenvalue weighted by Gasteiger charge is 2.31. The van der Waals surface area contributed by atoms with Crippen LogP contribution < -0.4 is 5.73 Å². The fourth-order valence-corrected chi connectivity index (χ4v) is 3.05. The topological polar surface area (TPSA) is 52.0 Å². The Morgan fingerprint density at radius 3 is 2.77 bits per heavy atom. The maximum absolute atomic E-state index is 5.51. The second-order valence-corrected chi connectivity index (χ2v) is 5.01. The van der Waals surface area contributed by atoms with E-state index in [-0.39, 0.29) is 5.41 Å². The summed E-state index contributed by atoms with van der Waals surface area (Å²) in [6.45, 7) is 2.24. The number of anilines is 1. The molecule has 4 heteroatoms. The van der Waals surface area contributed by atoms with Gasteiger partial charge in [-0.3, -0.25) is 0 Å². The van der Waals surface area contributed by atoms with Crippen molar-refractivity contribution in [1.82, 2.24) is 5.16 Å². The Morgan fingerprint density at radius 2 is 2.23 bits per heavy atom. The van der Waals surface area contributed by atoms with Crippen molar-refractivity contribution < 1.29 is 4.52 Å². The summed E-state index contributed by atoms with van der Waals surface area (Å²) in [5, 5.41) is 4.00. The molecular weight excluding hydrogens is 184 g/mol. The van der Waals surface area contributed by atoms with Gasteiger partial charge in [0.05, 0.1) is 5.69 Å². The van der Waals surface area contributed by atoms with Gasteiger partial charge in [0.2, 0.25) is 5.88 Å². The van der Waals surface area contributed by atoms with Crippen LogP contribution in [0.5, 0.6) is 0 Å². The molecule has 0 atom stereocenters. The van der Waals surface area contributed by atoms with E-state index in [1.54, 1.807) is 0 Å². The molecular formula is C9H14N2OS. The quantitative estimate of drug-likeness (QED) is 0.750. The number of nitrogens with zero attached hydrogens (tertiary/aromatic N) is 1. The summed E-state index contributed by atoms with van der Waals surface area (Å²) >= 11 is 2.01. The van der Waals surface area contributed by atoms with E-state index in [0.29, 0.717) is 5.88 Å². The first-order valence-electron chi connectivity index (χ1n) is 4.51. The molecule has 0 saturated carbocycles. The van der Waals surface area contributed by atoms with Gasteiger partial charge in [-0.2, -0.15) is 11.8 Å². The van der Waals surface area contributed by atoms with E-state index in [4.69, 9.17) is 10.3 Å². The minimum atomic E-state index is 0.187. The largest absolute Gasteiger partial charge is 0.368 e. The molecule has 0 unspecified atom stereocenters. The molecule has 0 radical (unpaired) electrons. The van der Waals surface area contributed by atoms with Crippen LogP contribution in [0.25, 0.3) is 0 Å². The molecule has 72 valence electrons. The summed E-state index contributed by atoms with van der Waals surface area (Å²) in [6, 6.07) is 1.86. The molecule has 2 N–H and O–H groups in total. The standard InChI is InChI=1S/C9H14N2OS/c1-9(2-4-13-5-3-9)7-6-8(10)12-11-7/h6H,2-5,10H2,1H3. The number of thioether (sulfide) groups is 1. The van der Waals surface area contributed by atoms with Crippen molar-refractivity contribution in [1.29, 1.82) is 0 Å². The van der Waals surface area contributed by atoms with Crippen molar-refractivity contribution in [3.8, 4) is 0 Å². The molecule has 1 aromatic heterocycles. The third kappa shape index (κ3) is 1.68. The molecule has 0 spiro atoms. The van der Waals surface area contributed by atoms with E-state index in [9.17, 15) is 0 Å². The van der Waals surface area contributed by atoms with Crippen molar-refractivity contribution in [2.45, 2.75) is 25.2 Å². The van der Waals surface area contributed by atoms with E-state index in [0.717, 1.165) is 5.69 Å². The maximum atomic E-state index is 5.51. The molecule has 1 aliphatic rings. The Hall–Kier alpha value is -0.640. The van der Waals surface area contributed by atoms with Crippen LogP contribution >= 0.6 is 11.8 Å². The van der Waals surface area contributed by atoms with Crippen molar-refractivity contribution in [3.05, 3.63) is 11.8 Å². The zero-order valence-electron chi connectivity index (χ0n) is 7.75. The summed E-state index contributed by atoms with van der Waals surface area (Å²) < 4.78 is 4.90. The molecule has 1 aliphatic heterocycles. The summed E-state index contributed by atoms with van der Waals surface area (Å²) in [5.41, 5.74) is 6.72. The van der Waals surface area contributed by atoms with E-state index in [1.807, 2.05) is 17.8 Å². The monoisotopic (exact) mass is 198 g/mol. The van der Waals surface area contributed by atoms with Gasteiger partial charge in [-0.15, -0.1) is 0 Å². The van der Waals surface area contributed by atoms with Gasteiger partial charge in [0.15, 0.2) is 0 Å². The maximum Gasteiger partial charge on any atom is 0.222 e. The van der Waals surface area contributed by atoms with Gasteiger partial charge in [-0.1, -0.05) is 12.1 Å². The Labute approximate surface area is 82.0 Å². The Bertz CT molecular complexity index is 292. The first kappa shape index (κ1) is 8.94. The Balaban J connectivity index is 2.22. The van der Waals surface area contributed by atoms with Crippen LogP contribution in [-0.4, -0.2) is 16.7 Å².